The fraction of sp³-hybridized carbons (Fsp3) is 0.273. The molecule has 1 N–H and O–H groups in total. The van der Waals surface area contributed by atoms with E-state index in [2.05, 4.69) is 9.47 Å². The van der Waals surface area contributed by atoms with Crippen LogP contribution in [0.5, 0.6) is 0 Å². The van der Waals surface area contributed by atoms with E-state index in [1.165, 1.54) is 6.07 Å². The van der Waals surface area contributed by atoms with Gasteiger partial charge in [-0.25, -0.2) is 9.59 Å². The maximum atomic E-state index is 13.1. The quantitative estimate of drug-likeness (QED) is 0.211. The molecule has 24 heavy (non-hydrogen) atoms. The molecule has 1 aromatic carbocycles. The molecule has 0 aliphatic carbocycles. The molecule has 7 nitrogen and oxygen atoms in total. The number of hydrogen-bond donors (Lipinski definition) is 1. The SMILES string of the molecule is O=C(COC(=O)c1cc(I)cc(I)c1I)OC(F)(F)CS(=O)(=O)O. The molecule has 134 valence electrons. The second-order valence-corrected chi connectivity index (χ2v) is 9.10. The van der Waals surface area contributed by atoms with Crippen LogP contribution in [0.25, 0.3) is 0 Å². The largest absolute Gasteiger partial charge is 0.450 e. The topological polar surface area (TPSA) is 107 Å². The Bertz CT molecular complexity index is 767. The standard InChI is InChI=1S/C11H7F2I3O7S/c12-11(13,4-24(19,20)21)23-8(17)3-22-10(18)6-1-5(14)2-7(15)9(6)16/h1-2H,3-4H2,(H,19,20,21). The zero-order valence-corrected chi connectivity index (χ0v) is 18.6. The van der Waals surface area contributed by atoms with Crippen molar-refractivity contribution in [2.75, 3.05) is 12.4 Å². The Morgan fingerprint density at radius 1 is 1.21 bits per heavy atom. The van der Waals surface area contributed by atoms with Crippen molar-refractivity contribution in [1.82, 2.24) is 0 Å². The number of carbonyl (C=O) groups excluding carboxylic acids is 2. The van der Waals surface area contributed by atoms with Crippen LogP contribution >= 0.6 is 67.8 Å². The van der Waals surface area contributed by atoms with Gasteiger partial charge in [-0.15, -0.1) is 0 Å². The third kappa shape index (κ3) is 7.56. The van der Waals surface area contributed by atoms with Crippen molar-refractivity contribution >= 4 is 89.8 Å². The third-order valence-corrected chi connectivity index (χ3v) is 6.52. The summed E-state index contributed by atoms with van der Waals surface area (Å²) in [4.78, 5) is 23.1. The number of rotatable bonds is 6. The number of benzene rings is 1. The van der Waals surface area contributed by atoms with E-state index in [0.29, 0.717) is 3.57 Å². The molecule has 0 fully saturated rings. The molecule has 0 unspecified atom stereocenters. The molecule has 0 heterocycles. The molecule has 0 aromatic heterocycles. The summed E-state index contributed by atoms with van der Waals surface area (Å²) in [7, 11) is -5.05. The summed E-state index contributed by atoms with van der Waals surface area (Å²) in [6, 6.07) is 3.29. The van der Waals surface area contributed by atoms with E-state index in [0.717, 1.165) is 7.14 Å². The highest BCUT2D eigenvalue weighted by atomic mass is 127. The number of alkyl halides is 2. The number of hydrogen-bond acceptors (Lipinski definition) is 6. The lowest BCUT2D eigenvalue weighted by molar-refractivity contribution is -0.223. The highest BCUT2D eigenvalue weighted by molar-refractivity contribution is 14.1. The normalized spacial score (nSPS) is 11.9. The van der Waals surface area contributed by atoms with Crippen LogP contribution in [0.15, 0.2) is 12.1 Å². The Morgan fingerprint density at radius 2 is 1.79 bits per heavy atom. The average Bonchev–Trinajstić information content (AvgIpc) is 2.36. The first-order valence-electron chi connectivity index (χ1n) is 5.67. The van der Waals surface area contributed by atoms with Crippen molar-refractivity contribution in [1.29, 1.82) is 0 Å². The summed E-state index contributed by atoms with van der Waals surface area (Å²) in [5.41, 5.74) is 0.143. The second-order valence-electron chi connectivity index (χ2n) is 4.16. The fourth-order valence-corrected chi connectivity index (χ4v) is 4.20. The molecule has 0 spiro atoms. The first kappa shape index (κ1) is 22.2. The van der Waals surface area contributed by atoms with E-state index in [1.807, 2.05) is 67.8 Å². The zero-order chi connectivity index (χ0) is 18.7. The number of halogens is 5. The molecule has 1 aromatic rings. The van der Waals surface area contributed by atoms with Gasteiger partial charge in [0.15, 0.2) is 12.4 Å². The Balaban J connectivity index is 2.70. The number of ether oxygens (including phenoxy) is 2. The highest BCUT2D eigenvalue weighted by Crippen LogP contribution is 2.23. The van der Waals surface area contributed by atoms with Crippen LogP contribution in [-0.4, -0.2) is 43.4 Å². The minimum atomic E-state index is -5.05. The van der Waals surface area contributed by atoms with Gasteiger partial charge in [-0.1, -0.05) is 0 Å². The lowest BCUT2D eigenvalue weighted by atomic mass is 10.2. The highest BCUT2D eigenvalue weighted by Gasteiger charge is 2.39. The van der Waals surface area contributed by atoms with Crippen LogP contribution in [0, 0.1) is 10.7 Å². The Kier molecular flexibility index (Phi) is 8.01. The van der Waals surface area contributed by atoms with Gasteiger partial charge in [0.05, 0.1) is 5.56 Å². The van der Waals surface area contributed by atoms with Gasteiger partial charge in [-0.3, -0.25) is 4.55 Å². The van der Waals surface area contributed by atoms with Crippen LogP contribution in [0.4, 0.5) is 8.78 Å². The van der Waals surface area contributed by atoms with E-state index < -0.39 is 40.5 Å². The van der Waals surface area contributed by atoms with Gasteiger partial charge >= 0.3 is 18.0 Å². The summed E-state index contributed by atoms with van der Waals surface area (Å²) in [6.45, 7) is -1.14. The van der Waals surface area contributed by atoms with Crippen molar-refractivity contribution in [2.45, 2.75) is 6.11 Å². The third-order valence-electron chi connectivity index (χ3n) is 2.15. The second kappa shape index (κ2) is 8.67. The molecule has 0 saturated heterocycles. The molecule has 0 aliphatic heterocycles. The molecule has 13 heteroatoms. The molecule has 0 saturated carbocycles. The fourth-order valence-electron chi connectivity index (χ4n) is 1.34. The molecular formula is C11H7F2I3O7S. The van der Waals surface area contributed by atoms with Gasteiger partial charge in [0.25, 0.3) is 10.1 Å². The maximum Gasteiger partial charge on any atom is 0.416 e. The molecule has 0 radical (unpaired) electrons. The first-order chi connectivity index (χ1) is 10.8. The molecule has 0 bridgehead atoms. The Hall–Kier alpha value is 0.120. The van der Waals surface area contributed by atoms with E-state index in [1.54, 1.807) is 6.07 Å². The summed E-state index contributed by atoms with van der Waals surface area (Å²) in [5.74, 6) is -4.68. The van der Waals surface area contributed by atoms with Crippen molar-refractivity contribution in [3.05, 3.63) is 28.4 Å². The van der Waals surface area contributed by atoms with Gasteiger partial charge in [0, 0.05) is 10.7 Å². The van der Waals surface area contributed by atoms with E-state index >= 15 is 0 Å². The molecular weight excluding hydrogens is 695 g/mol. The van der Waals surface area contributed by atoms with Crippen molar-refractivity contribution in [2.24, 2.45) is 0 Å². The minimum absolute atomic E-state index is 0.143. The molecule has 0 aliphatic rings. The van der Waals surface area contributed by atoms with Crippen LogP contribution < -0.4 is 0 Å². The van der Waals surface area contributed by atoms with Gasteiger partial charge in [-0.2, -0.15) is 17.2 Å². The lowest BCUT2D eigenvalue weighted by Gasteiger charge is -2.15. The van der Waals surface area contributed by atoms with Crippen LogP contribution in [-0.2, 0) is 24.4 Å². The van der Waals surface area contributed by atoms with E-state index in [-0.39, 0.29) is 5.56 Å². The maximum absolute atomic E-state index is 13.1. The zero-order valence-electron chi connectivity index (χ0n) is 11.3. The predicted octanol–water partition coefficient (Wildman–Crippen LogP) is 2.68. The summed E-state index contributed by atoms with van der Waals surface area (Å²) >= 11 is 5.84. The van der Waals surface area contributed by atoms with Crippen molar-refractivity contribution in [3.63, 3.8) is 0 Å². The minimum Gasteiger partial charge on any atom is -0.450 e. The molecule has 1 rings (SSSR count). The van der Waals surface area contributed by atoms with Crippen LogP contribution in [0.2, 0.25) is 0 Å². The van der Waals surface area contributed by atoms with E-state index in [9.17, 15) is 26.8 Å². The number of esters is 2. The molecule has 0 amide bonds. The predicted molar refractivity (Wildman–Crippen MR) is 102 cm³/mol. The van der Waals surface area contributed by atoms with E-state index in [4.69, 9.17) is 4.55 Å². The first-order valence-corrected chi connectivity index (χ1v) is 10.5. The van der Waals surface area contributed by atoms with Crippen LogP contribution in [0.1, 0.15) is 10.4 Å². The van der Waals surface area contributed by atoms with Crippen molar-refractivity contribution in [3.8, 4) is 0 Å². The summed E-state index contributed by atoms with van der Waals surface area (Å²) < 4.78 is 65.4. The summed E-state index contributed by atoms with van der Waals surface area (Å²) in [5, 5.41) is 0. The Labute approximate surface area is 176 Å². The smallest absolute Gasteiger partial charge is 0.416 e. The lowest BCUT2D eigenvalue weighted by Crippen LogP contribution is -2.34. The van der Waals surface area contributed by atoms with Crippen LogP contribution in [0.3, 0.4) is 0 Å². The summed E-state index contributed by atoms with van der Waals surface area (Å²) in [6.07, 6.45) is -4.44. The average molecular weight is 702 g/mol. The molecule has 0 atom stereocenters. The van der Waals surface area contributed by atoms with Gasteiger partial charge in [0.2, 0.25) is 0 Å². The monoisotopic (exact) mass is 702 g/mol. The van der Waals surface area contributed by atoms with Gasteiger partial charge in [0.1, 0.15) is 0 Å². The van der Waals surface area contributed by atoms with Crippen molar-refractivity contribution < 1.29 is 40.8 Å². The Morgan fingerprint density at radius 3 is 2.33 bits per heavy atom. The number of carbonyl (C=O) groups is 2. The van der Waals surface area contributed by atoms with Gasteiger partial charge < -0.3 is 9.47 Å². The van der Waals surface area contributed by atoms with Gasteiger partial charge in [-0.05, 0) is 79.9 Å².